The summed E-state index contributed by atoms with van der Waals surface area (Å²) in [5, 5.41) is 33.5. The first-order valence-corrected chi connectivity index (χ1v) is 23.6. The molecule has 0 aromatic heterocycles. The van der Waals surface area contributed by atoms with Crippen molar-refractivity contribution in [3.05, 3.63) is 0 Å². The first-order chi connectivity index (χ1) is 30.6. The predicted molar refractivity (Wildman–Crippen MR) is 240 cm³/mol. The van der Waals surface area contributed by atoms with E-state index >= 15 is 0 Å². The summed E-state index contributed by atoms with van der Waals surface area (Å²) in [4.78, 5) is 100. The maximum Gasteiger partial charge on any atom is 0.343 e. The molecule has 0 spiro atoms. The molecule has 21 heteroatoms. The molecule has 5 fully saturated rings. The minimum Gasteiger partial charge on any atom is -0.480 e. The maximum atomic E-state index is 12.1. The highest BCUT2D eigenvalue weighted by Gasteiger charge is 2.52. The van der Waals surface area contributed by atoms with Crippen LogP contribution in [0.25, 0.3) is 0 Å². The lowest BCUT2D eigenvalue weighted by Gasteiger charge is -2.29. The van der Waals surface area contributed by atoms with E-state index in [0.717, 1.165) is 31.6 Å². The highest BCUT2D eigenvalue weighted by Crippen LogP contribution is 2.38. The summed E-state index contributed by atoms with van der Waals surface area (Å²) in [5.41, 5.74) is 3.56. The van der Waals surface area contributed by atoms with Crippen LogP contribution in [0, 0.1) is 29.6 Å². The van der Waals surface area contributed by atoms with Crippen LogP contribution in [0.4, 0.5) is 0 Å². The molecule has 65 heavy (non-hydrogen) atoms. The Bertz CT molecular complexity index is 1470. The summed E-state index contributed by atoms with van der Waals surface area (Å²) in [6, 6.07) is -2.69. The number of rotatable bonds is 21. The summed E-state index contributed by atoms with van der Waals surface area (Å²) in [5.74, 6) is -3.03. The molecule has 5 aliphatic carbocycles. The molecular formula is C44H75BrN4O16. The summed E-state index contributed by atoms with van der Waals surface area (Å²) in [7, 11) is 0. The minimum atomic E-state index is -1.70. The third-order valence-corrected chi connectivity index (χ3v) is 10.7. The van der Waals surface area contributed by atoms with E-state index < -0.39 is 71.3 Å². The molecule has 0 aromatic carbocycles. The summed E-state index contributed by atoms with van der Waals surface area (Å²) >= 11 is 3.38. The van der Waals surface area contributed by atoms with E-state index in [1.54, 1.807) is 27.7 Å². The van der Waals surface area contributed by atoms with Gasteiger partial charge < -0.3 is 56.0 Å². The summed E-state index contributed by atoms with van der Waals surface area (Å²) < 4.78 is 19.1. The first-order valence-electron chi connectivity index (χ1n) is 22.5. The number of hydrogen-bond donors (Lipinski definition) is 7. The van der Waals surface area contributed by atoms with Crippen LogP contribution in [0.15, 0.2) is 0 Å². The van der Waals surface area contributed by atoms with E-state index in [2.05, 4.69) is 41.4 Å². The molecule has 374 valence electrons. The fourth-order valence-electron chi connectivity index (χ4n) is 5.38. The van der Waals surface area contributed by atoms with Gasteiger partial charge in [-0.25, -0.2) is 24.0 Å². The van der Waals surface area contributed by atoms with Gasteiger partial charge in [0.15, 0.2) is 0 Å². The Hall–Kier alpha value is -4.37. The smallest absolute Gasteiger partial charge is 0.343 e. The molecule has 8 N–H and O–H groups in total. The van der Waals surface area contributed by atoms with Gasteiger partial charge in [0.25, 0.3) is 0 Å². The highest BCUT2D eigenvalue weighted by molar-refractivity contribution is 9.09. The minimum absolute atomic E-state index is 0.133. The first kappa shape index (κ1) is 60.6. The Kier molecular flexibility index (Phi) is 30.9. The number of ether oxygens (including phenoxy) is 4. The van der Waals surface area contributed by atoms with Crippen LogP contribution in [0.2, 0.25) is 0 Å². The van der Waals surface area contributed by atoms with E-state index in [4.69, 9.17) is 30.5 Å². The lowest BCUT2D eigenvalue weighted by atomic mass is 9.92. The average Bonchev–Trinajstić information content (AvgIpc) is 4.03. The normalized spacial score (nSPS) is 16.5. The van der Waals surface area contributed by atoms with E-state index in [-0.39, 0.29) is 44.7 Å². The molecule has 20 nitrogen and oxygen atoms in total. The highest BCUT2D eigenvalue weighted by atomic mass is 79.9. The Morgan fingerprint density at radius 2 is 0.985 bits per heavy atom. The van der Waals surface area contributed by atoms with Crippen molar-refractivity contribution < 1.29 is 77.4 Å². The third-order valence-electron chi connectivity index (χ3n) is 9.73. The molecule has 0 radical (unpaired) electrons. The average molecular weight is 996 g/mol. The largest absolute Gasteiger partial charge is 0.480 e. The SMILES string of the molecule is BrCC1CC1.CC(=O)NC(CC1CC1)C(=O)O.CCOC(=O)C(CC1CC1)(NC(C)=O)C(=O)OCC.CCOC(=O)C(NC(C)=O)C(=O)OCC.NC(CC1CC1)C(=O)O.OCC1CC1. The zero-order valence-electron chi connectivity index (χ0n) is 39.2. The van der Waals surface area contributed by atoms with Crippen LogP contribution in [0.5, 0.6) is 0 Å². The number of aliphatic hydroxyl groups is 1. The Labute approximate surface area is 391 Å². The number of alkyl halides is 1. The number of esters is 4. The molecule has 0 bridgehead atoms. The zero-order valence-corrected chi connectivity index (χ0v) is 40.7. The van der Waals surface area contributed by atoms with Gasteiger partial charge in [-0.3, -0.25) is 19.2 Å². The van der Waals surface area contributed by atoms with Gasteiger partial charge in [0, 0.05) is 32.7 Å². The monoisotopic (exact) mass is 994 g/mol. The summed E-state index contributed by atoms with van der Waals surface area (Å²) in [6.07, 6.45) is 13.4. The Balaban J connectivity index is 0.000000798. The number of amides is 3. The van der Waals surface area contributed by atoms with Gasteiger partial charge >= 0.3 is 35.8 Å². The molecule has 3 amide bonds. The Morgan fingerprint density at radius 3 is 1.25 bits per heavy atom. The standard InChI is InChI=1S/C13H21NO5.C9H15NO5.C8H13NO3.C6H11NO2.C4H7Br.C4H8O/c1-4-18-11(16)13(14-9(3)15,8-10-6-7-10)12(17)19-5-2;1-4-14-8(12)7(10-6(3)11)9(13)15-5-2;1-5(10)9-7(8(11)12)4-6-2-3-6;7-5(6(8)9)3-4-1-2-4;2*5-3-4-1-2-4/h10H,4-8H2,1-3H3,(H,14,15);7H,4-5H2,1-3H3,(H,10,11);6-7H,2-4H2,1H3,(H,9,10)(H,11,12);4-5H,1-3,7H2,(H,8,9);4H,1-3H2;4-5H,1-3H2. The van der Waals surface area contributed by atoms with Crippen LogP contribution < -0.4 is 21.7 Å². The van der Waals surface area contributed by atoms with Crippen LogP contribution in [-0.4, -0.2) is 131 Å². The van der Waals surface area contributed by atoms with Crippen molar-refractivity contribution in [3.8, 4) is 0 Å². The second-order valence-electron chi connectivity index (χ2n) is 16.4. The Morgan fingerprint density at radius 1 is 0.585 bits per heavy atom. The molecule has 2 atom stereocenters. The predicted octanol–water partition coefficient (Wildman–Crippen LogP) is 3.16. The van der Waals surface area contributed by atoms with Crippen LogP contribution in [-0.2, 0) is 62.1 Å². The fourth-order valence-corrected chi connectivity index (χ4v) is 6.02. The van der Waals surface area contributed by atoms with Crippen LogP contribution in [0.3, 0.4) is 0 Å². The van der Waals surface area contributed by atoms with E-state index in [1.807, 2.05) is 0 Å². The van der Waals surface area contributed by atoms with E-state index in [0.29, 0.717) is 37.2 Å². The molecular weight excluding hydrogens is 920 g/mol. The molecule has 0 aromatic rings. The fraction of sp³-hybridized carbons (Fsp3) is 0.795. The second kappa shape index (κ2) is 33.2. The number of hydrogen-bond acceptors (Lipinski definition) is 15. The van der Waals surface area contributed by atoms with Crippen molar-refractivity contribution in [3.63, 3.8) is 0 Å². The topological polar surface area (TPSA) is 313 Å². The molecule has 0 heterocycles. The lowest BCUT2D eigenvalue weighted by Crippen LogP contribution is -2.61. The molecule has 5 saturated carbocycles. The van der Waals surface area contributed by atoms with Crippen molar-refractivity contribution in [2.24, 2.45) is 35.3 Å². The molecule has 2 unspecified atom stereocenters. The van der Waals surface area contributed by atoms with Gasteiger partial charge in [0.05, 0.1) is 26.4 Å². The van der Waals surface area contributed by atoms with Crippen LogP contribution >= 0.6 is 15.9 Å². The maximum absolute atomic E-state index is 12.1. The molecule has 0 aliphatic heterocycles. The third kappa shape index (κ3) is 30.5. The van der Waals surface area contributed by atoms with Gasteiger partial charge in [0.2, 0.25) is 29.3 Å². The quantitative estimate of drug-likeness (QED) is 0.0376. The second-order valence-corrected chi connectivity index (χ2v) is 17.1. The summed E-state index contributed by atoms with van der Waals surface area (Å²) in [6.45, 7) is 11.3. The van der Waals surface area contributed by atoms with Gasteiger partial charge in [-0.15, -0.1) is 0 Å². The number of carboxylic acids is 2. The molecule has 0 saturated heterocycles. The van der Waals surface area contributed by atoms with Gasteiger partial charge in [-0.2, -0.15) is 0 Å². The lowest BCUT2D eigenvalue weighted by molar-refractivity contribution is -0.169. The van der Waals surface area contributed by atoms with E-state index in [9.17, 15) is 43.2 Å². The molecule has 5 aliphatic rings. The van der Waals surface area contributed by atoms with Crippen molar-refractivity contribution >= 4 is 69.5 Å². The number of aliphatic hydroxyl groups excluding tert-OH is 1. The van der Waals surface area contributed by atoms with Crippen molar-refractivity contribution in [1.29, 1.82) is 0 Å². The van der Waals surface area contributed by atoms with Crippen LogP contribution in [0.1, 0.15) is 132 Å². The number of carboxylic acid groups (broad SMARTS) is 2. The van der Waals surface area contributed by atoms with Crippen molar-refractivity contribution in [2.45, 2.75) is 156 Å². The number of carbonyl (C=O) groups excluding carboxylic acids is 7. The van der Waals surface area contributed by atoms with Gasteiger partial charge in [0.1, 0.15) is 12.1 Å². The number of nitrogens with one attached hydrogen (secondary N) is 3. The van der Waals surface area contributed by atoms with E-state index in [1.165, 1.54) is 64.6 Å². The number of carbonyl (C=O) groups is 9. The van der Waals surface area contributed by atoms with Gasteiger partial charge in [-0.05, 0) is 102 Å². The number of nitrogens with two attached hydrogens (primary N) is 1. The number of halogens is 1. The van der Waals surface area contributed by atoms with Crippen molar-refractivity contribution in [1.82, 2.24) is 16.0 Å². The van der Waals surface area contributed by atoms with Gasteiger partial charge in [-0.1, -0.05) is 54.5 Å². The van der Waals surface area contributed by atoms with Crippen molar-refractivity contribution in [2.75, 3.05) is 38.4 Å². The molecule has 5 rings (SSSR count). The number of aliphatic carboxylic acids is 2. The zero-order chi connectivity index (χ0) is 49.7.